The maximum absolute atomic E-state index is 12.7. The average molecular weight is 470 g/mol. The van der Waals surface area contributed by atoms with Crippen LogP contribution in [0.2, 0.25) is 0 Å². The maximum Gasteiger partial charge on any atom is 0.273 e. The maximum atomic E-state index is 12.7. The second kappa shape index (κ2) is 10.4. The van der Waals surface area contributed by atoms with Gasteiger partial charge in [-0.1, -0.05) is 66.7 Å². The summed E-state index contributed by atoms with van der Waals surface area (Å²) in [7, 11) is 0. The second-order valence-corrected chi connectivity index (χ2v) is 8.55. The summed E-state index contributed by atoms with van der Waals surface area (Å²) in [5.41, 5.74) is 3.56. The molecule has 0 fully saturated rings. The van der Waals surface area contributed by atoms with Crippen LogP contribution < -0.4 is 14.8 Å². The molecule has 1 aliphatic heterocycles. The van der Waals surface area contributed by atoms with Crippen molar-refractivity contribution in [1.82, 2.24) is 15.2 Å². The molecule has 1 unspecified atom stereocenters. The quantitative estimate of drug-likeness (QED) is 0.368. The predicted octanol–water partition coefficient (Wildman–Crippen LogP) is 5.10. The van der Waals surface area contributed by atoms with Gasteiger partial charge in [-0.15, -0.1) is 0 Å². The Morgan fingerprint density at radius 3 is 2.43 bits per heavy atom. The van der Waals surface area contributed by atoms with Crippen molar-refractivity contribution < 1.29 is 18.7 Å². The van der Waals surface area contributed by atoms with Crippen LogP contribution in [0, 0.1) is 0 Å². The smallest absolute Gasteiger partial charge is 0.273 e. The van der Waals surface area contributed by atoms with Crippen LogP contribution in [0.1, 0.15) is 46.0 Å². The number of nitrogens with zero attached hydrogens (tertiary/aromatic N) is 2. The summed E-state index contributed by atoms with van der Waals surface area (Å²) in [6.45, 7) is 3.99. The number of oxazole rings is 1. The molecule has 7 heteroatoms. The molecule has 0 aliphatic carbocycles. The highest BCUT2D eigenvalue weighted by Crippen LogP contribution is 2.33. The minimum absolute atomic E-state index is 0.135. The first-order chi connectivity index (χ1) is 17.1. The molecule has 4 aromatic rings. The van der Waals surface area contributed by atoms with Gasteiger partial charge in [0.1, 0.15) is 6.26 Å². The number of rotatable bonds is 9. The van der Waals surface area contributed by atoms with Gasteiger partial charge in [0.15, 0.2) is 17.2 Å². The predicted molar refractivity (Wildman–Crippen MR) is 131 cm³/mol. The fourth-order valence-corrected chi connectivity index (χ4v) is 4.08. The molecule has 1 N–H and O–H groups in total. The summed E-state index contributed by atoms with van der Waals surface area (Å²) in [4.78, 5) is 19.4. The van der Waals surface area contributed by atoms with Crippen molar-refractivity contribution in [1.29, 1.82) is 0 Å². The first-order valence-corrected chi connectivity index (χ1v) is 11.6. The molecular formula is C28H27N3O4. The number of fused-ring (bicyclic) bond motifs is 1. The van der Waals surface area contributed by atoms with E-state index < -0.39 is 0 Å². The van der Waals surface area contributed by atoms with Gasteiger partial charge in [0.05, 0.1) is 12.6 Å². The standard InChI is InChI=1S/C28H27N3O4/c1-20(23-10-6-3-7-11-23)29-28(32)24-18-33-27(30-24)17-31(15-21-8-4-2-5-9-21)16-22-12-13-25-26(14-22)35-19-34-25/h2-14,18,20H,15-17,19H2,1H3,(H,29,32). The van der Waals surface area contributed by atoms with E-state index in [0.29, 0.717) is 25.5 Å². The van der Waals surface area contributed by atoms with Crippen LogP contribution in [-0.2, 0) is 19.6 Å². The highest BCUT2D eigenvalue weighted by atomic mass is 16.7. The van der Waals surface area contributed by atoms with Crippen LogP contribution in [0.15, 0.2) is 89.5 Å². The van der Waals surface area contributed by atoms with Gasteiger partial charge in [-0.05, 0) is 35.7 Å². The van der Waals surface area contributed by atoms with E-state index in [1.165, 1.54) is 11.8 Å². The highest BCUT2D eigenvalue weighted by molar-refractivity contribution is 5.92. The zero-order chi connectivity index (χ0) is 24.0. The van der Waals surface area contributed by atoms with E-state index >= 15 is 0 Å². The number of hydrogen-bond donors (Lipinski definition) is 1. The van der Waals surface area contributed by atoms with Crippen molar-refractivity contribution in [2.24, 2.45) is 0 Å². The molecule has 0 radical (unpaired) electrons. The Morgan fingerprint density at radius 2 is 1.63 bits per heavy atom. The average Bonchev–Trinajstić information content (AvgIpc) is 3.54. The largest absolute Gasteiger partial charge is 0.454 e. The monoisotopic (exact) mass is 469 g/mol. The molecule has 7 nitrogen and oxygen atoms in total. The van der Waals surface area contributed by atoms with E-state index in [1.54, 1.807) is 0 Å². The molecule has 5 rings (SSSR count). The summed E-state index contributed by atoms with van der Waals surface area (Å²) < 4.78 is 16.7. The van der Waals surface area contributed by atoms with Gasteiger partial charge in [-0.25, -0.2) is 4.98 Å². The number of carbonyl (C=O) groups is 1. The number of benzene rings is 3. The van der Waals surface area contributed by atoms with Crippen molar-refractivity contribution in [3.8, 4) is 11.5 Å². The molecular weight excluding hydrogens is 442 g/mol. The summed E-state index contributed by atoms with van der Waals surface area (Å²) in [6, 6.07) is 25.9. The summed E-state index contributed by atoms with van der Waals surface area (Å²) in [5.74, 6) is 1.74. The minimum Gasteiger partial charge on any atom is -0.454 e. The molecule has 0 saturated carbocycles. The summed E-state index contributed by atoms with van der Waals surface area (Å²) in [5, 5.41) is 2.98. The van der Waals surface area contributed by atoms with Crippen LogP contribution in [-0.4, -0.2) is 22.6 Å². The van der Waals surface area contributed by atoms with E-state index in [9.17, 15) is 4.79 Å². The summed E-state index contributed by atoms with van der Waals surface area (Å²) in [6.07, 6.45) is 1.42. The first kappa shape index (κ1) is 22.7. The lowest BCUT2D eigenvalue weighted by molar-refractivity contribution is 0.0934. The molecule has 0 spiro atoms. The lowest BCUT2D eigenvalue weighted by Gasteiger charge is -2.21. The first-order valence-electron chi connectivity index (χ1n) is 11.6. The molecule has 1 aromatic heterocycles. The number of carbonyl (C=O) groups excluding carboxylic acids is 1. The van der Waals surface area contributed by atoms with Crippen LogP contribution in [0.4, 0.5) is 0 Å². The summed E-state index contributed by atoms with van der Waals surface area (Å²) >= 11 is 0. The third-order valence-electron chi connectivity index (χ3n) is 5.88. The van der Waals surface area contributed by atoms with Gasteiger partial charge in [-0.3, -0.25) is 9.69 Å². The van der Waals surface area contributed by atoms with Gasteiger partial charge in [0, 0.05) is 13.1 Å². The number of nitrogens with one attached hydrogen (secondary N) is 1. The van der Waals surface area contributed by atoms with Gasteiger partial charge in [-0.2, -0.15) is 0 Å². The van der Waals surface area contributed by atoms with Gasteiger partial charge in [0.25, 0.3) is 5.91 Å². The third kappa shape index (κ3) is 5.70. The lowest BCUT2D eigenvalue weighted by atomic mass is 10.1. The van der Waals surface area contributed by atoms with E-state index in [4.69, 9.17) is 13.9 Å². The SMILES string of the molecule is CC(NC(=O)c1coc(CN(Cc2ccccc2)Cc2ccc3c(c2)OCO3)n1)c1ccccc1. The zero-order valence-corrected chi connectivity index (χ0v) is 19.5. The molecule has 1 amide bonds. The second-order valence-electron chi connectivity index (χ2n) is 8.55. The van der Waals surface area contributed by atoms with E-state index in [2.05, 4.69) is 27.3 Å². The van der Waals surface area contributed by atoms with Gasteiger partial charge < -0.3 is 19.2 Å². The zero-order valence-electron chi connectivity index (χ0n) is 19.5. The Hall–Kier alpha value is -4.10. The molecule has 3 aromatic carbocycles. The van der Waals surface area contributed by atoms with Crippen molar-refractivity contribution in [3.63, 3.8) is 0 Å². The molecule has 1 atom stereocenters. The molecule has 2 heterocycles. The molecule has 0 saturated heterocycles. The fraction of sp³-hybridized carbons (Fsp3) is 0.214. The lowest BCUT2D eigenvalue weighted by Crippen LogP contribution is -2.27. The Balaban J connectivity index is 1.28. The van der Waals surface area contributed by atoms with Gasteiger partial charge >= 0.3 is 0 Å². The van der Waals surface area contributed by atoms with Crippen LogP contribution >= 0.6 is 0 Å². The third-order valence-corrected chi connectivity index (χ3v) is 5.88. The van der Waals surface area contributed by atoms with Crippen LogP contribution in [0.3, 0.4) is 0 Å². The number of ether oxygens (including phenoxy) is 2. The van der Waals surface area contributed by atoms with Crippen molar-refractivity contribution in [2.75, 3.05) is 6.79 Å². The Morgan fingerprint density at radius 1 is 0.914 bits per heavy atom. The topological polar surface area (TPSA) is 76.8 Å². The normalized spacial score (nSPS) is 13.1. The molecule has 0 bridgehead atoms. The van der Waals surface area contributed by atoms with Gasteiger partial charge in [0.2, 0.25) is 12.7 Å². The van der Waals surface area contributed by atoms with E-state index in [0.717, 1.165) is 22.6 Å². The van der Waals surface area contributed by atoms with E-state index in [1.807, 2.05) is 73.7 Å². The molecule has 1 aliphatic rings. The fourth-order valence-electron chi connectivity index (χ4n) is 4.08. The number of aromatic nitrogens is 1. The Bertz CT molecular complexity index is 1270. The van der Waals surface area contributed by atoms with Crippen LogP contribution in [0.5, 0.6) is 11.5 Å². The molecule has 35 heavy (non-hydrogen) atoms. The molecule has 178 valence electrons. The minimum atomic E-state index is -0.262. The highest BCUT2D eigenvalue weighted by Gasteiger charge is 2.19. The van der Waals surface area contributed by atoms with Crippen molar-refractivity contribution in [3.05, 3.63) is 113 Å². The Kier molecular flexibility index (Phi) is 6.77. The number of hydrogen-bond acceptors (Lipinski definition) is 6. The van der Waals surface area contributed by atoms with Crippen molar-refractivity contribution >= 4 is 5.91 Å². The van der Waals surface area contributed by atoms with E-state index in [-0.39, 0.29) is 24.4 Å². The van der Waals surface area contributed by atoms with Crippen LogP contribution in [0.25, 0.3) is 0 Å². The Labute approximate surface area is 204 Å². The number of amides is 1. The van der Waals surface area contributed by atoms with Crippen molar-refractivity contribution in [2.45, 2.75) is 32.6 Å².